The number of guanidine groups is 1. The molecule has 1 heterocycles. The van der Waals surface area contributed by atoms with Crippen molar-refractivity contribution in [2.45, 2.75) is 120 Å². The van der Waals surface area contributed by atoms with Gasteiger partial charge in [-0.1, -0.05) is 30.3 Å². The van der Waals surface area contributed by atoms with Gasteiger partial charge in [0.15, 0.2) is 5.96 Å². The molecule has 0 aliphatic carbocycles. The fraction of sp³-hybridized carbons (Fsp3) is 0.595. The molecule has 0 bridgehead atoms. The molecule has 21 nitrogen and oxygen atoms in total. The molecule has 0 unspecified atom stereocenters. The molecule has 1 saturated heterocycles. The van der Waals surface area contributed by atoms with Crippen LogP contribution in [0.5, 0.6) is 0 Å². The third-order valence-electron chi connectivity index (χ3n) is 9.21. The first kappa shape index (κ1) is 48.3. The van der Waals surface area contributed by atoms with Crippen molar-refractivity contribution in [2.75, 3.05) is 19.6 Å². The molecular weight excluding hydrogens is 758 g/mol. The number of carboxylic acids is 2. The predicted molar refractivity (Wildman–Crippen MR) is 211 cm³/mol. The van der Waals surface area contributed by atoms with E-state index in [1.165, 1.54) is 0 Å². The second-order valence-electron chi connectivity index (χ2n) is 13.9. The van der Waals surface area contributed by atoms with Crippen LogP contribution in [-0.4, -0.2) is 119 Å². The van der Waals surface area contributed by atoms with E-state index in [0.29, 0.717) is 31.2 Å². The number of nitrogens with one attached hydrogen (secondary N) is 6. The van der Waals surface area contributed by atoms with E-state index >= 15 is 0 Å². The molecule has 58 heavy (non-hydrogen) atoms. The lowest BCUT2D eigenvalue weighted by Gasteiger charge is -2.29. The monoisotopic (exact) mass is 817 g/mol. The second-order valence-corrected chi connectivity index (χ2v) is 13.9. The van der Waals surface area contributed by atoms with Crippen LogP contribution in [0.2, 0.25) is 0 Å². The summed E-state index contributed by atoms with van der Waals surface area (Å²) < 4.78 is 0. The zero-order chi connectivity index (χ0) is 43.0. The van der Waals surface area contributed by atoms with Crippen LogP contribution < -0.4 is 54.8 Å². The van der Waals surface area contributed by atoms with E-state index in [1.54, 1.807) is 30.3 Å². The number of hydrogen-bond donors (Lipinski definition) is 12. The highest BCUT2D eigenvalue weighted by Gasteiger charge is 2.35. The van der Waals surface area contributed by atoms with Crippen molar-refractivity contribution >= 4 is 53.3 Å². The molecule has 6 atom stereocenters. The molecular formula is C37H59N11O10. The maximum absolute atomic E-state index is 14.1. The number of aliphatic imine (C=N–C) groups is 1. The summed E-state index contributed by atoms with van der Waals surface area (Å²) in [6, 6.07) is 0.275. The number of carbonyl (C=O) groups excluding carboxylic acids is 6. The highest BCUT2D eigenvalue weighted by Crippen LogP contribution is 2.12. The lowest BCUT2D eigenvalue weighted by molar-refractivity contribution is -0.139. The minimum atomic E-state index is -1.52. The Bertz CT molecular complexity index is 1580. The smallest absolute Gasteiger partial charge is 0.303 e. The van der Waals surface area contributed by atoms with Gasteiger partial charge in [0.2, 0.25) is 35.4 Å². The minimum Gasteiger partial charge on any atom is -0.481 e. The van der Waals surface area contributed by atoms with E-state index in [9.17, 15) is 48.6 Å². The van der Waals surface area contributed by atoms with Gasteiger partial charge in [-0.05, 0) is 82.9 Å². The van der Waals surface area contributed by atoms with Crippen molar-refractivity contribution in [3.63, 3.8) is 0 Å². The molecule has 6 amide bonds. The van der Waals surface area contributed by atoms with Crippen molar-refractivity contribution in [3.05, 3.63) is 35.9 Å². The summed E-state index contributed by atoms with van der Waals surface area (Å²) in [6.07, 6.45) is -0.217. The van der Waals surface area contributed by atoms with Crippen LogP contribution in [0.3, 0.4) is 0 Å². The van der Waals surface area contributed by atoms with Crippen LogP contribution in [0, 0.1) is 0 Å². The number of nitrogens with zero attached hydrogens (tertiary/aromatic N) is 1. The summed E-state index contributed by atoms with van der Waals surface area (Å²) in [4.78, 5) is 111. The van der Waals surface area contributed by atoms with Crippen molar-refractivity contribution in [3.8, 4) is 0 Å². The largest absolute Gasteiger partial charge is 0.481 e. The van der Waals surface area contributed by atoms with Crippen LogP contribution in [0.1, 0.15) is 82.6 Å². The normalized spacial score (nSPS) is 22.4. The third-order valence-corrected chi connectivity index (χ3v) is 9.21. The topological polar surface area (TPSA) is 366 Å². The molecule has 0 spiro atoms. The quantitative estimate of drug-likeness (QED) is 0.0359. The van der Waals surface area contributed by atoms with Crippen molar-refractivity contribution in [2.24, 2.45) is 27.9 Å². The van der Waals surface area contributed by atoms with Crippen LogP contribution in [0.4, 0.5) is 0 Å². The number of carbonyl (C=O) groups is 8. The Hall–Kier alpha value is -5.83. The highest BCUT2D eigenvalue weighted by molar-refractivity contribution is 5.98. The van der Waals surface area contributed by atoms with Crippen molar-refractivity contribution in [1.29, 1.82) is 0 Å². The maximum Gasteiger partial charge on any atom is 0.303 e. The molecule has 0 radical (unpaired) electrons. The summed E-state index contributed by atoms with van der Waals surface area (Å²) in [7, 11) is 0. The van der Waals surface area contributed by atoms with Gasteiger partial charge in [-0.2, -0.15) is 0 Å². The van der Waals surface area contributed by atoms with Gasteiger partial charge in [-0.25, -0.2) is 0 Å². The average Bonchev–Trinajstić information content (AvgIpc) is 3.17. The standard InChI is InChI=1S/C37H59N11O10/c38-18-6-4-11-23-31(53)46-26(14-16-29(49)50)34(56)44-24(12-5-7-19-39)32(54)47-27(15-17-30(51)52)35(57)48-28(21-22-9-2-1-3-10-22)36(58)45-25(33(55)43-23)13-8-20-42-37(40)41/h1-3,9-10,23-28H,4-8,11-21,38-39H2,(H,43,55)(H,44,56)(H,45,58)(H,46,53)(H,47,54)(H,48,57)(H,49,50)(H,51,52)(H4,40,41,42)/t23-,24-,25+,26+,27+,28-/m0/s1. The zero-order valence-electron chi connectivity index (χ0n) is 32.6. The van der Waals surface area contributed by atoms with Crippen LogP contribution in [0.25, 0.3) is 0 Å². The Morgan fingerprint density at radius 3 is 1.22 bits per heavy atom. The summed E-state index contributed by atoms with van der Waals surface area (Å²) >= 11 is 0. The SMILES string of the molecule is NCCCC[C@@H]1NC(=O)[C@@H](CCC(=O)O)NC(=O)[C@H](CCCCN)NC(=O)[C@@H](CCCN=C(N)N)NC(=O)[C@H](Cc2ccccc2)NC(=O)[C@@H](CCC(=O)O)NC1=O. The Labute approximate surface area is 336 Å². The Kier molecular flexibility index (Phi) is 21.8. The first-order valence-corrected chi connectivity index (χ1v) is 19.4. The van der Waals surface area contributed by atoms with Crippen molar-refractivity contribution < 1.29 is 48.6 Å². The number of rotatable bonds is 20. The van der Waals surface area contributed by atoms with E-state index in [1.807, 2.05) is 0 Å². The summed E-state index contributed by atoms with van der Waals surface area (Å²) in [5, 5.41) is 34.4. The summed E-state index contributed by atoms with van der Waals surface area (Å²) in [5.74, 6) is -7.91. The fourth-order valence-electron chi connectivity index (χ4n) is 6.06. The fourth-order valence-corrected chi connectivity index (χ4v) is 6.06. The second kappa shape index (κ2) is 26.2. The van der Waals surface area contributed by atoms with E-state index < -0.39 is 109 Å². The number of hydrogen-bond acceptors (Lipinski definition) is 11. The lowest BCUT2D eigenvalue weighted by atomic mass is 10.0. The lowest BCUT2D eigenvalue weighted by Crippen LogP contribution is -2.61. The van der Waals surface area contributed by atoms with Gasteiger partial charge < -0.3 is 65.0 Å². The molecule has 1 aliphatic rings. The predicted octanol–water partition coefficient (Wildman–Crippen LogP) is -2.81. The van der Waals surface area contributed by atoms with E-state index in [2.05, 4.69) is 36.9 Å². The number of benzene rings is 1. The molecule has 21 heteroatoms. The zero-order valence-corrected chi connectivity index (χ0v) is 32.6. The Balaban J connectivity index is 2.72. The van der Waals surface area contributed by atoms with Gasteiger partial charge >= 0.3 is 11.9 Å². The molecule has 16 N–H and O–H groups in total. The summed E-state index contributed by atoms with van der Waals surface area (Å²) in [5.41, 5.74) is 22.9. The number of aliphatic carboxylic acids is 2. The molecule has 2 rings (SSSR count). The van der Waals surface area contributed by atoms with Gasteiger partial charge in [0, 0.05) is 25.8 Å². The van der Waals surface area contributed by atoms with Gasteiger partial charge in [0.05, 0.1) is 0 Å². The first-order chi connectivity index (χ1) is 27.6. The highest BCUT2D eigenvalue weighted by atomic mass is 16.4. The number of unbranched alkanes of at least 4 members (excludes halogenated alkanes) is 2. The Morgan fingerprint density at radius 2 is 0.862 bits per heavy atom. The van der Waals surface area contributed by atoms with Gasteiger partial charge in [0.1, 0.15) is 36.3 Å². The van der Waals surface area contributed by atoms with E-state index in [-0.39, 0.29) is 57.7 Å². The molecule has 1 aliphatic heterocycles. The average molecular weight is 818 g/mol. The van der Waals surface area contributed by atoms with Crippen LogP contribution >= 0.6 is 0 Å². The molecule has 1 aromatic carbocycles. The van der Waals surface area contributed by atoms with Gasteiger partial charge in [-0.15, -0.1) is 0 Å². The molecule has 0 saturated carbocycles. The minimum absolute atomic E-state index is 0.00300. The number of amides is 6. The summed E-state index contributed by atoms with van der Waals surface area (Å²) in [6.45, 7) is 0.600. The number of nitrogens with two attached hydrogens (primary N) is 4. The van der Waals surface area contributed by atoms with E-state index in [4.69, 9.17) is 22.9 Å². The van der Waals surface area contributed by atoms with Gasteiger partial charge in [-0.3, -0.25) is 43.3 Å². The van der Waals surface area contributed by atoms with Crippen LogP contribution in [0.15, 0.2) is 35.3 Å². The third kappa shape index (κ3) is 18.4. The molecule has 0 aromatic heterocycles. The van der Waals surface area contributed by atoms with Gasteiger partial charge in [0.25, 0.3) is 0 Å². The molecule has 322 valence electrons. The first-order valence-electron chi connectivity index (χ1n) is 19.4. The van der Waals surface area contributed by atoms with Crippen LogP contribution in [-0.2, 0) is 44.8 Å². The molecule has 1 fully saturated rings. The van der Waals surface area contributed by atoms with Crippen molar-refractivity contribution in [1.82, 2.24) is 31.9 Å². The van der Waals surface area contributed by atoms with E-state index in [0.717, 1.165) is 0 Å². The Morgan fingerprint density at radius 1 is 0.517 bits per heavy atom. The number of carboxylic acid groups (broad SMARTS) is 2. The molecule has 1 aromatic rings. The maximum atomic E-state index is 14.1.